The van der Waals surface area contributed by atoms with E-state index < -0.39 is 27.7 Å². The highest BCUT2D eigenvalue weighted by atomic mass is 32.2. The minimum Gasteiger partial charge on any atom is -0.550 e. The smallest absolute Gasteiger partial charge is 0.245 e. The third kappa shape index (κ3) is 2.76. The number of nitrogens with zero attached hydrogens (tertiary/aromatic N) is 1. The van der Waals surface area contributed by atoms with Gasteiger partial charge in [-0.15, -0.1) is 0 Å². The highest BCUT2D eigenvalue weighted by molar-refractivity contribution is 7.89. The number of carboxylic acid groups (broad SMARTS) is 1. The second-order valence-corrected chi connectivity index (χ2v) is 6.33. The molecule has 0 atom stereocenters. The van der Waals surface area contributed by atoms with E-state index in [4.69, 9.17) is 0 Å². The first-order chi connectivity index (χ1) is 8.93. The number of sulfonamides is 1. The van der Waals surface area contributed by atoms with Crippen molar-refractivity contribution in [3.05, 3.63) is 30.1 Å². The van der Waals surface area contributed by atoms with Crippen molar-refractivity contribution in [2.75, 3.05) is 13.1 Å². The fourth-order valence-electron chi connectivity index (χ4n) is 2.12. The molecule has 1 saturated heterocycles. The van der Waals surface area contributed by atoms with Crippen LogP contribution in [-0.4, -0.2) is 31.8 Å². The molecule has 0 aromatic heterocycles. The molecule has 5 nitrogen and oxygen atoms in total. The Balaban J connectivity index is 2.19. The molecule has 0 bridgehead atoms. The normalized spacial score (nSPS) is 18.4. The topological polar surface area (TPSA) is 77.5 Å². The second-order valence-electron chi connectivity index (χ2n) is 4.43. The van der Waals surface area contributed by atoms with Gasteiger partial charge in [-0.05, 0) is 25.0 Å². The molecule has 1 heterocycles. The first kappa shape index (κ1) is 14.0. The maximum atomic E-state index is 13.5. The van der Waals surface area contributed by atoms with Gasteiger partial charge in [0.15, 0.2) is 0 Å². The van der Waals surface area contributed by atoms with E-state index in [1.54, 1.807) is 0 Å². The van der Waals surface area contributed by atoms with E-state index in [0.717, 1.165) is 10.4 Å². The molecule has 1 aromatic rings. The molecule has 0 unspecified atom stereocenters. The van der Waals surface area contributed by atoms with Crippen LogP contribution in [0.2, 0.25) is 0 Å². The van der Waals surface area contributed by atoms with Gasteiger partial charge in [-0.25, -0.2) is 12.8 Å². The van der Waals surface area contributed by atoms with E-state index >= 15 is 0 Å². The second kappa shape index (κ2) is 5.26. The van der Waals surface area contributed by atoms with Crippen LogP contribution < -0.4 is 5.11 Å². The summed E-state index contributed by atoms with van der Waals surface area (Å²) in [6.45, 7) is 0.130. The fourth-order valence-corrected chi connectivity index (χ4v) is 3.66. The lowest BCUT2D eigenvalue weighted by molar-refractivity contribution is -0.312. The molecule has 0 saturated carbocycles. The Hall–Kier alpha value is -1.47. The van der Waals surface area contributed by atoms with Crippen molar-refractivity contribution >= 4 is 16.0 Å². The van der Waals surface area contributed by atoms with E-state index in [1.165, 1.54) is 18.2 Å². The molecule has 0 N–H and O–H groups in total. The number of halogens is 1. The molecule has 0 amide bonds. The number of aliphatic carboxylic acids is 1. The fraction of sp³-hybridized carbons (Fsp3) is 0.417. The van der Waals surface area contributed by atoms with Crippen LogP contribution in [-0.2, 0) is 14.8 Å². The van der Waals surface area contributed by atoms with Gasteiger partial charge in [0, 0.05) is 25.0 Å². The summed E-state index contributed by atoms with van der Waals surface area (Å²) >= 11 is 0. The van der Waals surface area contributed by atoms with Gasteiger partial charge < -0.3 is 9.90 Å². The van der Waals surface area contributed by atoms with Crippen molar-refractivity contribution in [1.29, 1.82) is 0 Å². The number of piperidine rings is 1. The maximum Gasteiger partial charge on any atom is 0.245 e. The Morgan fingerprint density at radius 3 is 2.37 bits per heavy atom. The summed E-state index contributed by atoms with van der Waals surface area (Å²) in [7, 11) is -3.90. The lowest BCUT2D eigenvalue weighted by Gasteiger charge is -2.31. The molecular weight excluding hydrogens is 273 g/mol. The zero-order chi connectivity index (χ0) is 14.0. The van der Waals surface area contributed by atoms with Gasteiger partial charge in [0.25, 0.3) is 0 Å². The summed E-state index contributed by atoms with van der Waals surface area (Å²) in [5, 5.41) is 10.7. The van der Waals surface area contributed by atoms with Gasteiger partial charge in [0.05, 0.1) is 0 Å². The average Bonchev–Trinajstić information content (AvgIpc) is 2.39. The number of carbonyl (C=O) groups is 1. The molecule has 1 aromatic carbocycles. The molecule has 2 rings (SSSR count). The van der Waals surface area contributed by atoms with Crippen molar-refractivity contribution in [1.82, 2.24) is 4.31 Å². The van der Waals surface area contributed by atoms with Crippen molar-refractivity contribution in [3.63, 3.8) is 0 Å². The van der Waals surface area contributed by atoms with Gasteiger partial charge in [-0.3, -0.25) is 0 Å². The molecule has 1 aliphatic rings. The van der Waals surface area contributed by atoms with Gasteiger partial charge in [0.1, 0.15) is 10.7 Å². The number of hydrogen-bond acceptors (Lipinski definition) is 4. The molecule has 7 heteroatoms. The monoisotopic (exact) mass is 286 g/mol. The highest BCUT2D eigenvalue weighted by Gasteiger charge is 2.31. The van der Waals surface area contributed by atoms with Crippen molar-refractivity contribution in [3.8, 4) is 0 Å². The van der Waals surface area contributed by atoms with Crippen molar-refractivity contribution in [2.24, 2.45) is 5.92 Å². The van der Waals surface area contributed by atoms with Crippen molar-refractivity contribution < 1.29 is 22.7 Å². The maximum absolute atomic E-state index is 13.5. The van der Waals surface area contributed by atoms with E-state index in [9.17, 15) is 22.7 Å². The quantitative estimate of drug-likeness (QED) is 0.782. The van der Waals surface area contributed by atoms with E-state index in [0.29, 0.717) is 0 Å². The van der Waals surface area contributed by atoms with Crippen LogP contribution in [0.3, 0.4) is 0 Å². The third-order valence-corrected chi connectivity index (χ3v) is 5.17. The Labute approximate surface area is 110 Å². The Bertz CT molecular complexity index is 579. The minimum absolute atomic E-state index is 0.0648. The number of benzene rings is 1. The zero-order valence-corrected chi connectivity index (χ0v) is 10.9. The summed E-state index contributed by atoms with van der Waals surface area (Å²) < 4.78 is 39.1. The Morgan fingerprint density at radius 2 is 1.84 bits per heavy atom. The first-order valence-electron chi connectivity index (χ1n) is 5.88. The molecular formula is C12H13FNO4S-. The average molecular weight is 286 g/mol. The van der Waals surface area contributed by atoms with Crippen LogP contribution in [0.1, 0.15) is 12.8 Å². The Morgan fingerprint density at radius 1 is 1.26 bits per heavy atom. The predicted octanol–water partition coefficient (Wildman–Crippen LogP) is -0.0237. The standard InChI is InChI=1S/C12H14FNO4S/c13-10-3-1-2-4-11(10)19(17,18)14-7-5-9(6-8-14)12(15)16/h1-4,9H,5-8H2,(H,15,16)/p-1. The van der Waals surface area contributed by atoms with E-state index in [1.807, 2.05) is 0 Å². The third-order valence-electron chi connectivity index (χ3n) is 3.24. The van der Waals surface area contributed by atoms with Crippen LogP contribution in [0, 0.1) is 11.7 Å². The van der Waals surface area contributed by atoms with Crippen molar-refractivity contribution in [2.45, 2.75) is 17.7 Å². The molecule has 104 valence electrons. The molecule has 1 aliphatic heterocycles. The molecule has 1 fully saturated rings. The van der Waals surface area contributed by atoms with Crippen LogP contribution in [0.25, 0.3) is 0 Å². The van der Waals surface area contributed by atoms with Gasteiger partial charge >= 0.3 is 0 Å². The summed E-state index contributed by atoms with van der Waals surface area (Å²) in [6, 6.07) is 5.15. The highest BCUT2D eigenvalue weighted by Crippen LogP contribution is 2.24. The van der Waals surface area contributed by atoms with Gasteiger partial charge in [0.2, 0.25) is 10.0 Å². The van der Waals surface area contributed by atoms with Gasteiger partial charge in [-0.2, -0.15) is 4.31 Å². The van der Waals surface area contributed by atoms with E-state index in [-0.39, 0.29) is 30.8 Å². The summed E-state index contributed by atoms with van der Waals surface area (Å²) in [5.41, 5.74) is 0. The largest absolute Gasteiger partial charge is 0.550 e. The van der Waals surface area contributed by atoms with Crippen LogP contribution in [0.4, 0.5) is 4.39 Å². The SMILES string of the molecule is O=C([O-])C1CCN(S(=O)(=O)c2ccccc2F)CC1. The van der Waals surface area contributed by atoms with Crippen LogP contribution in [0.15, 0.2) is 29.2 Å². The first-order valence-corrected chi connectivity index (χ1v) is 7.32. The summed E-state index contributed by atoms with van der Waals surface area (Å²) in [5.74, 6) is -2.60. The number of rotatable bonds is 3. The predicted molar refractivity (Wildman–Crippen MR) is 62.9 cm³/mol. The van der Waals surface area contributed by atoms with E-state index in [2.05, 4.69) is 0 Å². The molecule has 19 heavy (non-hydrogen) atoms. The van der Waals surface area contributed by atoms with Crippen LogP contribution >= 0.6 is 0 Å². The van der Waals surface area contributed by atoms with Gasteiger partial charge in [-0.1, -0.05) is 12.1 Å². The summed E-state index contributed by atoms with van der Waals surface area (Å²) in [4.78, 5) is 10.3. The minimum atomic E-state index is -3.90. The lowest BCUT2D eigenvalue weighted by Crippen LogP contribution is -2.43. The summed E-state index contributed by atoms with van der Waals surface area (Å²) in [6.07, 6.45) is 0.381. The molecule has 0 spiro atoms. The Kier molecular flexibility index (Phi) is 3.86. The lowest BCUT2D eigenvalue weighted by atomic mass is 9.99. The number of carboxylic acids is 1. The number of hydrogen-bond donors (Lipinski definition) is 0. The molecule has 0 radical (unpaired) electrons. The van der Waals surface area contributed by atoms with Crippen LogP contribution in [0.5, 0.6) is 0 Å². The number of carbonyl (C=O) groups excluding carboxylic acids is 1. The zero-order valence-electron chi connectivity index (χ0n) is 10.1. The molecule has 0 aliphatic carbocycles.